The minimum atomic E-state index is -3.70. The van der Waals surface area contributed by atoms with Gasteiger partial charge in [-0.2, -0.15) is 8.42 Å². The average Bonchev–Trinajstić information content (AvgIpc) is 2.63. The van der Waals surface area contributed by atoms with Crippen LogP contribution in [0.4, 0.5) is 0 Å². The SMILES string of the molecule is COC(=O)c1ccc(Oc2c(C)oc3cc(OS(C)(=O)=O)ccc3c2=O)cc1. The number of carbonyl (C=O) groups is 1. The van der Waals surface area contributed by atoms with Crippen molar-refractivity contribution in [2.24, 2.45) is 0 Å². The normalized spacial score (nSPS) is 11.2. The van der Waals surface area contributed by atoms with E-state index in [0.29, 0.717) is 11.3 Å². The molecule has 0 spiro atoms. The molecule has 0 atom stereocenters. The molecule has 0 unspecified atom stereocenters. The molecule has 0 radical (unpaired) electrons. The van der Waals surface area contributed by atoms with Gasteiger partial charge in [-0.05, 0) is 43.3 Å². The van der Waals surface area contributed by atoms with E-state index in [1.54, 1.807) is 6.92 Å². The molecule has 0 fully saturated rings. The van der Waals surface area contributed by atoms with Gasteiger partial charge in [0.2, 0.25) is 11.2 Å². The van der Waals surface area contributed by atoms with Crippen LogP contribution in [0, 0.1) is 6.92 Å². The zero-order chi connectivity index (χ0) is 20.5. The van der Waals surface area contributed by atoms with Gasteiger partial charge in [-0.15, -0.1) is 0 Å². The number of fused-ring (bicyclic) bond motifs is 1. The van der Waals surface area contributed by atoms with Gasteiger partial charge >= 0.3 is 16.1 Å². The number of methoxy groups -OCH3 is 1. The highest BCUT2D eigenvalue weighted by molar-refractivity contribution is 7.86. The summed E-state index contributed by atoms with van der Waals surface area (Å²) in [6.45, 7) is 1.54. The minimum Gasteiger partial charge on any atom is -0.465 e. The second kappa shape index (κ2) is 7.35. The maximum atomic E-state index is 12.8. The van der Waals surface area contributed by atoms with Gasteiger partial charge in [0, 0.05) is 6.07 Å². The first-order valence-electron chi connectivity index (χ1n) is 8.01. The van der Waals surface area contributed by atoms with Crippen molar-refractivity contribution in [1.82, 2.24) is 0 Å². The van der Waals surface area contributed by atoms with E-state index in [1.165, 1.54) is 49.6 Å². The molecule has 146 valence electrons. The van der Waals surface area contributed by atoms with Gasteiger partial charge in [0.05, 0.1) is 24.3 Å². The molecule has 0 bridgehead atoms. The first-order chi connectivity index (χ1) is 13.2. The summed E-state index contributed by atoms with van der Waals surface area (Å²) in [7, 11) is -2.42. The van der Waals surface area contributed by atoms with Crippen LogP contribution < -0.4 is 14.3 Å². The van der Waals surface area contributed by atoms with Crippen molar-refractivity contribution in [1.29, 1.82) is 0 Å². The Kier molecular flexibility index (Phi) is 5.10. The molecule has 0 saturated carbocycles. The summed E-state index contributed by atoms with van der Waals surface area (Å²) in [5, 5.41) is 0.202. The molecule has 1 aromatic heterocycles. The van der Waals surface area contributed by atoms with Crippen molar-refractivity contribution in [3.8, 4) is 17.2 Å². The molecule has 0 aliphatic carbocycles. The first kappa shape index (κ1) is 19.4. The highest BCUT2D eigenvalue weighted by Crippen LogP contribution is 2.28. The molecule has 3 rings (SSSR count). The number of hydrogen-bond donors (Lipinski definition) is 0. The zero-order valence-electron chi connectivity index (χ0n) is 15.2. The molecule has 0 aliphatic heterocycles. The Morgan fingerprint density at radius 3 is 2.29 bits per heavy atom. The predicted molar refractivity (Wildman–Crippen MR) is 101 cm³/mol. The van der Waals surface area contributed by atoms with Crippen molar-refractivity contribution < 1.29 is 31.3 Å². The van der Waals surface area contributed by atoms with Crippen LogP contribution in [-0.2, 0) is 14.9 Å². The van der Waals surface area contributed by atoms with Gasteiger partial charge in [0.15, 0.2) is 0 Å². The number of rotatable bonds is 5. The van der Waals surface area contributed by atoms with Gasteiger partial charge in [0.25, 0.3) is 0 Å². The Labute approximate surface area is 160 Å². The van der Waals surface area contributed by atoms with Crippen LogP contribution in [0.15, 0.2) is 51.7 Å². The second-order valence-electron chi connectivity index (χ2n) is 5.88. The summed E-state index contributed by atoms with van der Waals surface area (Å²) < 4.78 is 43.2. The molecule has 0 amide bonds. The molecule has 0 N–H and O–H groups in total. The van der Waals surface area contributed by atoms with Crippen molar-refractivity contribution in [3.05, 3.63) is 64.0 Å². The lowest BCUT2D eigenvalue weighted by atomic mass is 10.2. The fourth-order valence-corrected chi connectivity index (χ4v) is 2.96. The molecule has 0 aliphatic rings. The lowest BCUT2D eigenvalue weighted by Crippen LogP contribution is -2.09. The number of carbonyl (C=O) groups excluding carboxylic acids is 1. The number of esters is 1. The van der Waals surface area contributed by atoms with E-state index in [-0.39, 0.29) is 28.2 Å². The molecule has 0 saturated heterocycles. The largest absolute Gasteiger partial charge is 0.465 e. The molecule has 28 heavy (non-hydrogen) atoms. The fraction of sp³-hybridized carbons (Fsp3) is 0.158. The van der Waals surface area contributed by atoms with Gasteiger partial charge in [-0.1, -0.05) is 0 Å². The summed E-state index contributed by atoms with van der Waals surface area (Å²) in [6.07, 6.45) is 0.918. The number of hydrogen-bond acceptors (Lipinski definition) is 8. The molecule has 2 aromatic carbocycles. The third kappa shape index (κ3) is 4.15. The van der Waals surface area contributed by atoms with E-state index in [2.05, 4.69) is 4.74 Å². The lowest BCUT2D eigenvalue weighted by molar-refractivity contribution is 0.0600. The summed E-state index contributed by atoms with van der Waals surface area (Å²) >= 11 is 0. The Morgan fingerprint density at radius 1 is 1.04 bits per heavy atom. The van der Waals surface area contributed by atoms with E-state index in [1.807, 2.05) is 0 Å². The van der Waals surface area contributed by atoms with E-state index in [4.69, 9.17) is 13.3 Å². The van der Waals surface area contributed by atoms with E-state index in [0.717, 1.165) is 6.26 Å². The molecule has 8 nitrogen and oxygen atoms in total. The molecule has 3 aromatic rings. The van der Waals surface area contributed by atoms with Crippen LogP contribution in [0.3, 0.4) is 0 Å². The van der Waals surface area contributed by atoms with Crippen LogP contribution in [0.1, 0.15) is 16.1 Å². The van der Waals surface area contributed by atoms with Crippen molar-refractivity contribution in [2.75, 3.05) is 13.4 Å². The number of aryl methyl sites for hydroxylation is 1. The highest BCUT2D eigenvalue weighted by atomic mass is 32.2. The Bertz CT molecular complexity index is 1210. The first-order valence-corrected chi connectivity index (χ1v) is 9.83. The van der Waals surface area contributed by atoms with Gasteiger partial charge in [-0.25, -0.2) is 4.79 Å². The lowest BCUT2D eigenvalue weighted by Gasteiger charge is -2.10. The number of benzene rings is 2. The smallest absolute Gasteiger partial charge is 0.337 e. The van der Waals surface area contributed by atoms with Gasteiger partial charge in [-0.3, -0.25) is 4.79 Å². The highest BCUT2D eigenvalue weighted by Gasteiger charge is 2.16. The third-order valence-electron chi connectivity index (χ3n) is 3.73. The van der Waals surface area contributed by atoms with Crippen molar-refractivity contribution >= 4 is 27.1 Å². The Balaban J connectivity index is 1.97. The Morgan fingerprint density at radius 2 is 1.68 bits per heavy atom. The number of ether oxygens (including phenoxy) is 2. The van der Waals surface area contributed by atoms with Gasteiger partial charge in [0.1, 0.15) is 22.8 Å². The summed E-state index contributed by atoms with van der Waals surface area (Å²) in [6, 6.07) is 10.1. The summed E-state index contributed by atoms with van der Waals surface area (Å²) in [5.74, 6) is 0.0604. The third-order valence-corrected chi connectivity index (χ3v) is 4.22. The van der Waals surface area contributed by atoms with Crippen molar-refractivity contribution in [2.45, 2.75) is 6.92 Å². The maximum Gasteiger partial charge on any atom is 0.337 e. The van der Waals surface area contributed by atoms with E-state index < -0.39 is 21.5 Å². The van der Waals surface area contributed by atoms with Crippen LogP contribution in [0.25, 0.3) is 11.0 Å². The fourth-order valence-electron chi connectivity index (χ4n) is 2.51. The van der Waals surface area contributed by atoms with E-state index in [9.17, 15) is 18.0 Å². The van der Waals surface area contributed by atoms with E-state index >= 15 is 0 Å². The van der Waals surface area contributed by atoms with Gasteiger partial charge < -0.3 is 18.1 Å². The zero-order valence-corrected chi connectivity index (χ0v) is 16.0. The maximum absolute atomic E-state index is 12.8. The standard InChI is InChI=1S/C19H16O8S/c1-11-18(26-13-6-4-12(5-7-13)19(21)24-2)17(20)15-9-8-14(10-16(15)25-11)27-28(3,22)23/h4-10H,1-3H3. The molecular weight excluding hydrogens is 388 g/mol. The Hall–Kier alpha value is -3.33. The quantitative estimate of drug-likeness (QED) is 0.472. The summed E-state index contributed by atoms with van der Waals surface area (Å²) in [4.78, 5) is 24.2. The second-order valence-corrected chi connectivity index (χ2v) is 7.45. The predicted octanol–water partition coefficient (Wildman–Crippen LogP) is 3.02. The van der Waals surface area contributed by atoms with Crippen LogP contribution in [-0.4, -0.2) is 27.8 Å². The van der Waals surface area contributed by atoms with Crippen LogP contribution in [0.5, 0.6) is 17.2 Å². The average molecular weight is 404 g/mol. The topological polar surface area (TPSA) is 109 Å². The monoisotopic (exact) mass is 404 g/mol. The van der Waals surface area contributed by atoms with Crippen molar-refractivity contribution in [3.63, 3.8) is 0 Å². The minimum absolute atomic E-state index is 0.0184. The molecular formula is C19H16O8S. The van der Waals surface area contributed by atoms with Crippen LogP contribution >= 0.6 is 0 Å². The summed E-state index contributed by atoms with van der Waals surface area (Å²) in [5.41, 5.74) is 0.0780. The molecule has 1 heterocycles. The van der Waals surface area contributed by atoms with Crippen LogP contribution in [0.2, 0.25) is 0 Å². The molecule has 9 heteroatoms.